The molecule has 0 saturated heterocycles. The first kappa shape index (κ1) is 20.0. The van der Waals surface area contributed by atoms with Crippen LogP contribution in [0.1, 0.15) is 44.2 Å². The van der Waals surface area contributed by atoms with E-state index in [2.05, 4.69) is 34.8 Å². The summed E-state index contributed by atoms with van der Waals surface area (Å²) in [6.45, 7) is 2.43. The molecule has 1 aliphatic carbocycles. The second kappa shape index (κ2) is 9.48. The molecule has 156 valence electrons. The molecule has 1 aliphatic rings. The highest BCUT2D eigenvalue weighted by Gasteiger charge is 2.23. The number of nitrogens with one attached hydrogen (secondary N) is 2. The molecule has 0 aliphatic heterocycles. The fraction of sp³-hybridized carbons (Fsp3) is 0.333. The SMILES string of the molecule is CCCC(Nc1cnn(CC(=O)NC2CC2)c1)c1ccc(Oc2ccccc2)cc1. The Kier molecular flexibility index (Phi) is 6.32. The maximum absolute atomic E-state index is 12.0. The Bertz CT molecular complexity index is 949. The van der Waals surface area contributed by atoms with Crippen LogP contribution in [-0.4, -0.2) is 21.7 Å². The van der Waals surface area contributed by atoms with Gasteiger partial charge in [0.15, 0.2) is 0 Å². The van der Waals surface area contributed by atoms with Crippen LogP contribution in [0.2, 0.25) is 0 Å². The van der Waals surface area contributed by atoms with E-state index in [0.717, 1.165) is 42.9 Å². The van der Waals surface area contributed by atoms with Gasteiger partial charge in [0, 0.05) is 12.2 Å². The van der Waals surface area contributed by atoms with Crippen LogP contribution in [0.4, 0.5) is 5.69 Å². The van der Waals surface area contributed by atoms with Crippen molar-refractivity contribution in [2.45, 2.75) is 51.2 Å². The first-order valence-corrected chi connectivity index (χ1v) is 10.6. The molecule has 1 fully saturated rings. The standard InChI is InChI=1S/C24H28N4O2/c1-2-6-23(18-9-13-22(14-10-18)30-21-7-4-3-5-8-21)26-20-15-25-28(16-20)17-24(29)27-19-11-12-19/h3-5,7-10,13-16,19,23,26H,2,6,11-12,17H2,1H3,(H,27,29). The number of benzene rings is 2. The average Bonchev–Trinajstić information content (AvgIpc) is 3.46. The van der Waals surface area contributed by atoms with Gasteiger partial charge < -0.3 is 15.4 Å². The molecule has 0 radical (unpaired) electrons. The minimum Gasteiger partial charge on any atom is -0.457 e. The van der Waals surface area contributed by atoms with Crippen molar-refractivity contribution in [3.05, 3.63) is 72.6 Å². The van der Waals surface area contributed by atoms with Crippen LogP contribution in [0.15, 0.2) is 67.0 Å². The van der Waals surface area contributed by atoms with E-state index in [1.807, 2.05) is 48.7 Å². The van der Waals surface area contributed by atoms with Gasteiger partial charge in [-0.2, -0.15) is 5.10 Å². The average molecular weight is 405 g/mol. The monoisotopic (exact) mass is 404 g/mol. The first-order valence-electron chi connectivity index (χ1n) is 10.6. The number of nitrogens with zero attached hydrogens (tertiary/aromatic N) is 2. The van der Waals surface area contributed by atoms with Crippen LogP contribution in [0.5, 0.6) is 11.5 Å². The van der Waals surface area contributed by atoms with Crippen molar-refractivity contribution in [3.63, 3.8) is 0 Å². The molecule has 2 aromatic carbocycles. The highest BCUT2D eigenvalue weighted by atomic mass is 16.5. The molecule has 1 amide bonds. The predicted octanol–water partition coefficient (Wildman–Crippen LogP) is 4.91. The summed E-state index contributed by atoms with van der Waals surface area (Å²) >= 11 is 0. The van der Waals surface area contributed by atoms with Crippen molar-refractivity contribution in [3.8, 4) is 11.5 Å². The summed E-state index contributed by atoms with van der Waals surface area (Å²) in [7, 11) is 0. The molecule has 2 N–H and O–H groups in total. The Morgan fingerprint density at radius 1 is 1.13 bits per heavy atom. The van der Waals surface area contributed by atoms with Crippen molar-refractivity contribution >= 4 is 11.6 Å². The van der Waals surface area contributed by atoms with Crippen molar-refractivity contribution < 1.29 is 9.53 Å². The van der Waals surface area contributed by atoms with Gasteiger partial charge in [-0.15, -0.1) is 0 Å². The van der Waals surface area contributed by atoms with Crippen LogP contribution in [0, 0.1) is 0 Å². The Balaban J connectivity index is 1.38. The highest BCUT2D eigenvalue weighted by molar-refractivity contribution is 5.76. The van der Waals surface area contributed by atoms with Gasteiger partial charge in [0.25, 0.3) is 0 Å². The number of rotatable bonds is 10. The van der Waals surface area contributed by atoms with Gasteiger partial charge in [-0.3, -0.25) is 9.48 Å². The third kappa shape index (κ3) is 5.63. The van der Waals surface area contributed by atoms with Gasteiger partial charge >= 0.3 is 0 Å². The molecule has 0 spiro atoms. The molecule has 1 unspecified atom stereocenters. The molecule has 6 heteroatoms. The van der Waals surface area contributed by atoms with Crippen LogP contribution in [0.3, 0.4) is 0 Å². The second-order valence-electron chi connectivity index (χ2n) is 7.74. The van der Waals surface area contributed by atoms with E-state index in [1.165, 1.54) is 5.56 Å². The minimum absolute atomic E-state index is 0.0197. The fourth-order valence-corrected chi connectivity index (χ4v) is 3.38. The molecule has 1 heterocycles. The lowest BCUT2D eigenvalue weighted by Gasteiger charge is -2.19. The molecule has 3 aromatic rings. The Hall–Kier alpha value is -3.28. The molecule has 4 rings (SSSR count). The Morgan fingerprint density at radius 3 is 2.57 bits per heavy atom. The van der Waals surface area contributed by atoms with E-state index >= 15 is 0 Å². The minimum atomic E-state index is 0.0197. The van der Waals surface area contributed by atoms with E-state index < -0.39 is 0 Å². The van der Waals surface area contributed by atoms with E-state index in [4.69, 9.17) is 4.74 Å². The smallest absolute Gasteiger partial charge is 0.241 e. The van der Waals surface area contributed by atoms with Crippen LogP contribution < -0.4 is 15.4 Å². The van der Waals surface area contributed by atoms with Crippen molar-refractivity contribution in [1.82, 2.24) is 15.1 Å². The van der Waals surface area contributed by atoms with Crippen LogP contribution in [-0.2, 0) is 11.3 Å². The maximum Gasteiger partial charge on any atom is 0.241 e. The van der Waals surface area contributed by atoms with Gasteiger partial charge in [0.2, 0.25) is 5.91 Å². The maximum atomic E-state index is 12.0. The van der Waals surface area contributed by atoms with Gasteiger partial charge in [0.1, 0.15) is 18.0 Å². The predicted molar refractivity (Wildman–Crippen MR) is 118 cm³/mol. The molecule has 6 nitrogen and oxygen atoms in total. The molecule has 1 atom stereocenters. The summed E-state index contributed by atoms with van der Waals surface area (Å²) in [5.74, 6) is 1.66. The summed E-state index contributed by atoms with van der Waals surface area (Å²) in [5, 5.41) is 10.9. The fourth-order valence-electron chi connectivity index (χ4n) is 3.38. The highest BCUT2D eigenvalue weighted by Crippen LogP contribution is 2.27. The number of hydrogen-bond acceptors (Lipinski definition) is 4. The lowest BCUT2D eigenvalue weighted by atomic mass is 10.0. The zero-order valence-electron chi connectivity index (χ0n) is 17.3. The Morgan fingerprint density at radius 2 is 1.87 bits per heavy atom. The molecule has 1 aromatic heterocycles. The van der Waals surface area contributed by atoms with Crippen LogP contribution in [0.25, 0.3) is 0 Å². The van der Waals surface area contributed by atoms with E-state index in [1.54, 1.807) is 10.9 Å². The molecule has 30 heavy (non-hydrogen) atoms. The lowest BCUT2D eigenvalue weighted by Crippen LogP contribution is -2.29. The van der Waals surface area contributed by atoms with Gasteiger partial charge in [-0.25, -0.2) is 0 Å². The zero-order chi connectivity index (χ0) is 20.8. The van der Waals surface area contributed by atoms with Crippen molar-refractivity contribution in [2.75, 3.05) is 5.32 Å². The lowest BCUT2D eigenvalue weighted by molar-refractivity contribution is -0.122. The normalized spacial score (nSPS) is 14.2. The molecule has 1 saturated carbocycles. The summed E-state index contributed by atoms with van der Waals surface area (Å²) in [4.78, 5) is 12.0. The number of anilines is 1. The largest absolute Gasteiger partial charge is 0.457 e. The summed E-state index contributed by atoms with van der Waals surface area (Å²) in [5.41, 5.74) is 2.11. The number of amides is 1. The second-order valence-corrected chi connectivity index (χ2v) is 7.74. The third-order valence-corrected chi connectivity index (χ3v) is 5.06. The van der Waals surface area contributed by atoms with E-state index in [-0.39, 0.29) is 18.5 Å². The van der Waals surface area contributed by atoms with Crippen LogP contribution >= 0.6 is 0 Å². The van der Waals surface area contributed by atoms with Gasteiger partial charge in [0.05, 0.1) is 17.9 Å². The number of carbonyl (C=O) groups excluding carboxylic acids is 1. The van der Waals surface area contributed by atoms with Crippen molar-refractivity contribution in [2.24, 2.45) is 0 Å². The van der Waals surface area contributed by atoms with Gasteiger partial charge in [-0.1, -0.05) is 43.7 Å². The van der Waals surface area contributed by atoms with E-state index in [9.17, 15) is 4.79 Å². The van der Waals surface area contributed by atoms with Crippen molar-refractivity contribution in [1.29, 1.82) is 0 Å². The topological polar surface area (TPSA) is 68.2 Å². The number of aromatic nitrogens is 2. The zero-order valence-corrected chi connectivity index (χ0v) is 17.3. The van der Waals surface area contributed by atoms with Gasteiger partial charge in [-0.05, 0) is 49.1 Å². The Labute approximate surface area is 177 Å². The molecular weight excluding hydrogens is 376 g/mol. The first-order chi connectivity index (χ1) is 14.7. The number of ether oxygens (including phenoxy) is 1. The third-order valence-electron chi connectivity index (χ3n) is 5.06. The number of para-hydroxylation sites is 1. The van der Waals surface area contributed by atoms with E-state index in [0.29, 0.717) is 6.04 Å². The quantitative estimate of drug-likeness (QED) is 0.504. The number of carbonyl (C=O) groups is 1. The summed E-state index contributed by atoms with van der Waals surface area (Å²) in [6, 6.07) is 18.5. The molecular formula is C24H28N4O2. The number of hydrogen-bond donors (Lipinski definition) is 2. The summed E-state index contributed by atoms with van der Waals surface area (Å²) < 4.78 is 7.57. The molecule has 0 bridgehead atoms. The summed E-state index contributed by atoms with van der Waals surface area (Å²) in [6.07, 6.45) is 7.89.